The fraction of sp³-hybridized carbons (Fsp3) is 0.320. The second-order valence-corrected chi connectivity index (χ2v) is 8.24. The van der Waals surface area contributed by atoms with Gasteiger partial charge in [-0.05, 0) is 67.8 Å². The summed E-state index contributed by atoms with van der Waals surface area (Å²) in [4.78, 5) is 17.2. The lowest BCUT2D eigenvalue weighted by molar-refractivity contribution is -0.137. The van der Waals surface area contributed by atoms with Crippen molar-refractivity contribution >= 4 is 16.7 Å². The summed E-state index contributed by atoms with van der Waals surface area (Å²) in [6.07, 6.45) is -4.39. The van der Waals surface area contributed by atoms with Gasteiger partial charge >= 0.3 is 6.18 Å². The standard InChI is InChI=1S/C25H25F3N2O2/c1-17(2)29-12-14-30(15-13-29)24(31)19-6-11-22-18(16-19)4-3-5-23(22)32-21-9-7-20(8-10-21)25(26,27)28/h3-11,16-17H,12-15H2,1-2H3. The normalized spacial score (nSPS) is 15.4. The lowest BCUT2D eigenvalue weighted by atomic mass is 10.0. The molecule has 1 saturated heterocycles. The van der Waals surface area contributed by atoms with Crippen molar-refractivity contribution in [1.82, 2.24) is 9.80 Å². The SMILES string of the molecule is CC(C)N1CCN(C(=O)c2ccc3c(Oc4ccc(C(F)(F)F)cc4)cccc3c2)CC1. The van der Waals surface area contributed by atoms with Gasteiger partial charge in [0.2, 0.25) is 0 Å². The molecule has 32 heavy (non-hydrogen) atoms. The Balaban J connectivity index is 1.52. The number of piperazine rings is 1. The minimum absolute atomic E-state index is 0.00404. The van der Waals surface area contributed by atoms with Crippen LogP contribution in [-0.4, -0.2) is 47.9 Å². The summed E-state index contributed by atoms with van der Waals surface area (Å²) in [6.45, 7) is 7.44. The number of rotatable bonds is 4. The zero-order valence-corrected chi connectivity index (χ0v) is 18.0. The summed E-state index contributed by atoms with van der Waals surface area (Å²) < 4.78 is 44.2. The van der Waals surface area contributed by atoms with Gasteiger partial charge in [-0.3, -0.25) is 9.69 Å². The first-order valence-electron chi connectivity index (χ1n) is 10.6. The Morgan fingerprint density at radius 3 is 2.25 bits per heavy atom. The Kier molecular flexibility index (Phi) is 6.11. The topological polar surface area (TPSA) is 32.8 Å². The van der Waals surface area contributed by atoms with E-state index in [4.69, 9.17) is 4.74 Å². The molecule has 0 aromatic heterocycles. The first-order chi connectivity index (χ1) is 15.2. The van der Waals surface area contributed by atoms with E-state index in [9.17, 15) is 18.0 Å². The molecule has 0 spiro atoms. The summed E-state index contributed by atoms with van der Waals surface area (Å²) in [5.74, 6) is 0.838. The quantitative estimate of drug-likeness (QED) is 0.511. The Morgan fingerprint density at radius 2 is 1.62 bits per heavy atom. The molecule has 0 aliphatic carbocycles. The molecule has 0 atom stereocenters. The smallest absolute Gasteiger partial charge is 0.416 e. The van der Waals surface area contributed by atoms with Gasteiger partial charge in [-0.25, -0.2) is 0 Å². The molecule has 1 heterocycles. The van der Waals surface area contributed by atoms with Crippen LogP contribution in [0.15, 0.2) is 60.7 Å². The summed E-state index contributed by atoms with van der Waals surface area (Å²) in [6, 6.07) is 16.0. The molecule has 168 valence electrons. The highest BCUT2D eigenvalue weighted by Crippen LogP contribution is 2.34. The van der Waals surface area contributed by atoms with Crippen LogP contribution < -0.4 is 4.74 Å². The molecule has 0 radical (unpaired) electrons. The molecular weight excluding hydrogens is 417 g/mol. The average Bonchev–Trinajstić information content (AvgIpc) is 2.78. The summed E-state index contributed by atoms with van der Waals surface area (Å²) >= 11 is 0. The molecule has 4 nitrogen and oxygen atoms in total. The number of benzene rings is 3. The molecule has 1 fully saturated rings. The van der Waals surface area contributed by atoms with Crippen LogP contribution >= 0.6 is 0 Å². The monoisotopic (exact) mass is 442 g/mol. The van der Waals surface area contributed by atoms with Gasteiger partial charge in [-0.15, -0.1) is 0 Å². The van der Waals surface area contributed by atoms with Gasteiger partial charge in [-0.1, -0.05) is 12.1 Å². The van der Waals surface area contributed by atoms with E-state index in [1.54, 1.807) is 18.2 Å². The van der Waals surface area contributed by atoms with Crippen LogP contribution in [0.3, 0.4) is 0 Å². The zero-order valence-electron chi connectivity index (χ0n) is 18.0. The predicted molar refractivity (Wildman–Crippen MR) is 118 cm³/mol. The van der Waals surface area contributed by atoms with Gasteiger partial charge in [0, 0.05) is 43.2 Å². The van der Waals surface area contributed by atoms with Crippen molar-refractivity contribution in [1.29, 1.82) is 0 Å². The first-order valence-corrected chi connectivity index (χ1v) is 10.6. The van der Waals surface area contributed by atoms with Crippen LogP contribution in [0.5, 0.6) is 11.5 Å². The second kappa shape index (κ2) is 8.82. The number of fused-ring (bicyclic) bond motifs is 1. The largest absolute Gasteiger partial charge is 0.457 e. The molecule has 0 unspecified atom stereocenters. The number of halogens is 3. The molecular formula is C25H25F3N2O2. The predicted octanol–water partition coefficient (Wildman–Crippen LogP) is 5.82. The van der Waals surface area contributed by atoms with E-state index in [1.165, 1.54) is 12.1 Å². The summed E-state index contributed by atoms with van der Waals surface area (Å²) in [5, 5.41) is 1.62. The maximum Gasteiger partial charge on any atom is 0.416 e. The molecule has 7 heteroatoms. The highest BCUT2D eigenvalue weighted by atomic mass is 19.4. The van der Waals surface area contributed by atoms with E-state index >= 15 is 0 Å². The van der Waals surface area contributed by atoms with Crippen molar-refractivity contribution < 1.29 is 22.7 Å². The molecule has 0 N–H and O–H groups in total. The minimum Gasteiger partial charge on any atom is -0.457 e. The molecule has 1 amide bonds. The summed E-state index contributed by atoms with van der Waals surface area (Å²) in [5.41, 5.74) is -0.109. The number of amides is 1. The molecule has 1 aliphatic heterocycles. The van der Waals surface area contributed by atoms with Gasteiger partial charge in [0.1, 0.15) is 11.5 Å². The van der Waals surface area contributed by atoms with Crippen LogP contribution in [0.1, 0.15) is 29.8 Å². The van der Waals surface area contributed by atoms with E-state index in [1.807, 2.05) is 23.1 Å². The van der Waals surface area contributed by atoms with E-state index in [2.05, 4.69) is 18.7 Å². The van der Waals surface area contributed by atoms with Crippen LogP contribution in [0.25, 0.3) is 10.8 Å². The molecule has 0 bridgehead atoms. The van der Waals surface area contributed by atoms with Crippen molar-refractivity contribution in [2.75, 3.05) is 26.2 Å². The third-order valence-electron chi connectivity index (χ3n) is 5.83. The number of hydrogen-bond acceptors (Lipinski definition) is 3. The van der Waals surface area contributed by atoms with E-state index in [0.717, 1.165) is 36.0 Å². The Hall–Kier alpha value is -3.06. The second-order valence-electron chi connectivity index (χ2n) is 8.24. The number of hydrogen-bond donors (Lipinski definition) is 0. The fourth-order valence-corrected chi connectivity index (χ4v) is 3.94. The fourth-order valence-electron chi connectivity index (χ4n) is 3.94. The van der Waals surface area contributed by atoms with Crippen LogP contribution in [0.2, 0.25) is 0 Å². The zero-order chi connectivity index (χ0) is 22.9. The molecule has 0 saturated carbocycles. The van der Waals surface area contributed by atoms with Gasteiger partial charge < -0.3 is 9.64 Å². The first kappa shape index (κ1) is 22.1. The van der Waals surface area contributed by atoms with Gasteiger partial charge in [-0.2, -0.15) is 13.2 Å². The number of carbonyl (C=O) groups is 1. The lowest BCUT2D eigenvalue weighted by Crippen LogP contribution is -2.50. The molecule has 3 aromatic carbocycles. The minimum atomic E-state index is -4.39. The highest BCUT2D eigenvalue weighted by molar-refractivity contribution is 6.00. The van der Waals surface area contributed by atoms with Crippen LogP contribution in [0.4, 0.5) is 13.2 Å². The maximum absolute atomic E-state index is 13.0. The van der Waals surface area contributed by atoms with Crippen molar-refractivity contribution in [2.45, 2.75) is 26.1 Å². The number of carbonyl (C=O) groups excluding carboxylic acids is 1. The van der Waals surface area contributed by atoms with Crippen molar-refractivity contribution in [3.63, 3.8) is 0 Å². The van der Waals surface area contributed by atoms with Crippen molar-refractivity contribution in [3.05, 3.63) is 71.8 Å². The van der Waals surface area contributed by atoms with Gasteiger partial charge in [0.05, 0.1) is 5.56 Å². The Morgan fingerprint density at radius 1 is 0.938 bits per heavy atom. The average molecular weight is 442 g/mol. The van der Waals surface area contributed by atoms with Crippen molar-refractivity contribution in [2.24, 2.45) is 0 Å². The Bertz CT molecular complexity index is 1100. The molecule has 4 rings (SSSR count). The third-order valence-corrected chi connectivity index (χ3v) is 5.83. The lowest BCUT2D eigenvalue weighted by Gasteiger charge is -2.37. The van der Waals surface area contributed by atoms with E-state index in [0.29, 0.717) is 36.2 Å². The third kappa shape index (κ3) is 4.72. The number of nitrogens with zero attached hydrogens (tertiary/aromatic N) is 2. The van der Waals surface area contributed by atoms with Crippen molar-refractivity contribution in [3.8, 4) is 11.5 Å². The van der Waals surface area contributed by atoms with E-state index in [-0.39, 0.29) is 5.91 Å². The van der Waals surface area contributed by atoms with Gasteiger partial charge in [0.25, 0.3) is 5.91 Å². The van der Waals surface area contributed by atoms with Crippen LogP contribution in [-0.2, 0) is 6.18 Å². The van der Waals surface area contributed by atoms with E-state index < -0.39 is 11.7 Å². The molecule has 1 aliphatic rings. The van der Waals surface area contributed by atoms with Gasteiger partial charge in [0.15, 0.2) is 0 Å². The maximum atomic E-state index is 13.0. The number of ether oxygens (including phenoxy) is 1. The Labute approximate surface area is 185 Å². The molecule has 3 aromatic rings. The summed E-state index contributed by atoms with van der Waals surface area (Å²) in [7, 11) is 0. The van der Waals surface area contributed by atoms with Crippen LogP contribution in [0, 0.1) is 0 Å². The number of alkyl halides is 3. The highest BCUT2D eigenvalue weighted by Gasteiger charge is 2.30.